The molecule has 0 aromatic carbocycles. The van der Waals surface area contributed by atoms with Gasteiger partial charge < -0.3 is 9.84 Å². The van der Waals surface area contributed by atoms with Crippen molar-refractivity contribution in [3.63, 3.8) is 0 Å². The molecule has 0 aromatic heterocycles. The highest BCUT2D eigenvalue weighted by atomic mass is 16.5. The van der Waals surface area contributed by atoms with E-state index in [4.69, 9.17) is 4.74 Å². The van der Waals surface area contributed by atoms with Gasteiger partial charge in [0.1, 0.15) is 5.78 Å². The fraction of sp³-hybridized carbons (Fsp3) is 0.824. The minimum absolute atomic E-state index is 0.0297. The van der Waals surface area contributed by atoms with Crippen molar-refractivity contribution in [1.29, 1.82) is 0 Å². The first-order valence-corrected chi connectivity index (χ1v) is 8.00. The zero-order valence-electron chi connectivity index (χ0n) is 12.4. The Morgan fingerprint density at radius 3 is 2.80 bits per heavy atom. The van der Waals surface area contributed by atoms with Crippen molar-refractivity contribution in [3.05, 3.63) is 11.1 Å². The summed E-state index contributed by atoms with van der Waals surface area (Å²) in [7, 11) is 0. The number of hydrogen-bond donors (Lipinski definition) is 1. The lowest BCUT2D eigenvalue weighted by Crippen LogP contribution is -2.38. The predicted molar refractivity (Wildman–Crippen MR) is 75.2 cm³/mol. The van der Waals surface area contributed by atoms with Crippen LogP contribution in [-0.2, 0) is 9.53 Å². The van der Waals surface area contributed by atoms with Gasteiger partial charge in [0.15, 0.2) is 0 Å². The topological polar surface area (TPSA) is 46.5 Å². The highest BCUT2D eigenvalue weighted by Gasteiger charge is 2.58. The second kappa shape index (κ2) is 3.95. The van der Waals surface area contributed by atoms with Gasteiger partial charge in [0.2, 0.25) is 0 Å². The molecule has 4 aliphatic rings. The second-order valence-corrected chi connectivity index (χ2v) is 7.88. The predicted octanol–water partition coefficient (Wildman–Crippen LogP) is 2.62. The first-order valence-electron chi connectivity index (χ1n) is 8.00. The fourth-order valence-corrected chi connectivity index (χ4v) is 5.30. The lowest BCUT2D eigenvalue weighted by atomic mass is 9.67. The quantitative estimate of drug-likeness (QED) is 0.692. The zero-order valence-corrected chi connectivity index (χ0v) is 12.4. The minimum Gasteiger partial charge on any atom is -0.389 e. The molecule has 0 spiro atoms. The molecular formula is C17H24O3. The Kier molecular flexibility index (Phi) is 2.57. The standard InChI is InChI=1S/C17H24O3/c1-16-5-3-11(18)10-9-20-15(13(10)16)14-12(19)4-6-17(14,2)8-7-16/h11,14-15,18H,3-9H2,1-2H3/t11-,14+,15-,16-,17-/m0/s1. The van der Waals surface area contributed by atoms with E-state index in [0.717, 1.165) is 37.7 Å². The Labute approximate surface area is 120 Å². The third-order valence-corrected chi connectivity index (χ3v) is 6.66. The van der Waals surface area contributed by atoms with Crippen LogP contribution in [0.1, 0.15) is 52.4 Å². The van der Waals surface area contributed by atoms with Crippen molar-refractivity contribution in [2.45, 2.75) is 64.6 Å². The van der Waals surface area contributed by atoms with Crippen molar-refractivity contribution in [2.75, 3.05) is 6.61 Å². The van der Waals surface area contributed by atoms with Gasteiger partial charge in [-0.05, 0) is 54.1 Å². The van der Waals surface area contributed by atoms with Gasteiger partial charge in [-0.2, -0.15) is 0 Å². The van der Waals surface area contributed by atoms with Crippen LogP contribution in [0.5, 0.6) is 0 Å². The number of hydrogen-bond acceptors (Lipinski definition) is 3. The van der Waals surface area contributed by atoms with Crippen molar-refractivity contribution < 1.29 is 14.6 Å². The van der Waals surface area contributed by atoms with Gasteiger partial charge in [0, 0.05) is 6.42 Å². The number of aliphatic hydroxyl groups is 1. The van der Waals surface area contributed by atoms with Crippen LogP contribution in [-0.4, -0.2) is 29.7 Å². The van der Waals surface area contributed by atoms with Gasteiger partial charge in [0.25, 0.3) is 0 Å². The van der Waals surface area contributed by atoms with Crippen LogP contribution in [0.2, 0.25) is 0 Å². The van der Waals surface area contributed by atoms with Crippen LogP contribution in [0.3, 0.4) is 0 Å². The third kappa shape index (κ3) is 1.51. The summed E-state index contributed by atoms with van der Waals surface area (Å²) in [5.41, 5.74) is 2.66. The summed E-state index contributed by atoms with van der Waals surface area (Å²) in [5, 5.41) is 10.3. The van der Waals surface area contributed by atoms with E-state index in [1.54, 1.807) is 0 Å². The van der Waals surface area contributed by atoms with E-state index in [0.29, 0.717) is 18.8 Å². The van der Waals surface area contributed by atoms with E-state index >= 15 is 0 Å². The van der Waals surface area contributed by atoms with E-state index in [2.05, 4.69) is 13.8 Å². The number of Topliss-reactive ketones (excluding diaryl/α,β-unsaturated/α-hetero) is 1. The molecule has 20 heavy (non-hydrogen) atoms. The molecule has 0 amide bonds. The molecule has 5 atom stereocenters. The van der Waals surface area contributed by atoms with E-state index in [1.807, 2.05) is 0 Å². The van der Waals surface area contributed by atoms with Gasteiger partial charge in [0.05, 0.1) is 24.7 Å². The molecule has 1 heterocycles. The summed E-state index contributed by atoms with van der Waals surface area (Å²) in [5.74, 6) is 0.415. The molecule has 3 nitrogen and oxygen atoms in total. The van der Waals surface area contributed by atoms with Crippen molar-refractivity contribution in [1.82, 2.24) is 0 Å². The van der Waals surface area contributed by atoms with Crippen LogP contribution in [0.15, 0.2) is 11.1 Å². The lowest BCUT2D eigenvalue weighted by molar-refractivity contribution is -0.126. The summed E-state index contributed by atoms with van der Waals surface area (Å²) in [4.78, 5) is 12.4. The molecule has 2 fully saturated rings. The molecule has 3 heteroatoms. The molecule has 2 saturated carbocycles. The smallest absolute Gasteiger partial charge is 0.139 e. The highest BCUT2D eigenvalue weighted by Crippen LogP contribution is 2.60. The van der Waals surface area contributed by atoms with Crippen molar-refractivity contribution in [3.8, 4) is 0 Å². The molecule has 1 aliphatic heterocycles. The molecule has 3 aliphatic carbocycles. The van der Waals surface area contributed by atoms with Gasteiger partial charge in [-0.15, -0.1) is 0 Å². The molecule has 0 bridgehead atoms. The highest BCUT2D eigenvalue weighted by molar-refractivity contribution is 5.85. The minimum atomic E-state index is -0.344. The van der Waals surface area contributed by atoms with Crippen molar-refractivity contribution in [2.24, 2.45) is 16.7 Å². The fourth-order valence-electron chi connectivity index (χ4n) is 5.30. The van der Waals surface area contributed by atoms with Crippen LogP contribution in [0, 0.1) is 16.7 Å². The molecule has 110 valence electrons. The number of carbonyl (C=O) groups is 1. The Balaban J connectivity index is 1.87. The van der Waals surface area contributed by atoms with Crippen LogP contribution >= 0.6 is 0 Å². The van der Waals surface area contributed by atoms with E-state index < -0.39 is 0 Å². The van der Waals surface area contributed by atoms with Crippen LogP contribution in [0.25, 0.3) is 0 Å². The average Bonchev–Trinajstić information content (AvgIpc) is 2.94. The average molecular weight is 276 g/mol. The summed E-state index contributed by atoms with van der Waals surface area (Å²) < 4.78 is 6.08. The zero-order chi connectivity index (χ0) is 14.1. The van der Waals surface area contributed by atoms with Crippen LogP contribution in [0.4, 0.5) is 0 Å². The Morgan fingerprint density at radius 1 is 1.20 bits per heavy atom. The summed E-state index contributed by atoms with van der Waals surface area (Å²) in [6, 6.07) is 0. The molecular weight excluding hydrogens is 252 g/mol. The first-order chi connectivity index (χ1) is 9.45. The van der Waals surface area contributed by atoms with E-state index in [1.165, 1.54) is 5.57 Å². The van der Waals surface area contributed by atoms with Gasteiger partial charge >= 0.3 is 0 Å². The van der Waals surface area contributed by atoms with Crippen molar-refractivity contribution >= 4 is 5.78 Å². The first kappa shape index (κ1) is 13.0. The normalized spacial score (nSPS) is 51.0. The number of aliphatic hydroxyl groups excluding tert-OH is 1. The summed E-state index contributed by atoms with van der Waals surface area (Å²) in [6.07, 6.45) is 5.47. The number of ether oxygens (including phenoxy) is 1. The van der Waals surface area contributed by atoms with E-state index in [-0.39, 0.29) is 29.0 Å². The van der Waals surface area contributed by atoms with Gasteiger partial charge in [-0.3, -0.25) is 4.79 Å². The number of fused-ring (bicyclic) bond motifs is 2. The Bertz CT molecular complexity index is 508. The maximum Gasteiger partial charge on any atom is 0.139 e. The molecule has 1 N–H and O–H groups in total. The van der Waals surface area contributed by atoms with Crippen LogP contribution < -0.4 is 0 Å². The molecule has 0 radical (unpaired) electrons. The molecule has 0 unspecified atom stereocenters. The Hall–Kier alpha value is -0.670. The molecule has 4 rings (SSSR count). The number of rotatable bonds is 0. The number of ketones is 1. The van der Waals surface area contributed by atoms with Gasteiger partial charge in [-0.1, -0.05) is 13.8 Å². The van der Waals surface area contributed by atoms with E-state index in [9.17, 15) is 9.90 Å². The number of carbonyl (C=O) groups excluding carboxylic acids is 1. The monoisotopic (exact) mass is 276 g/mol. The molecule has 0 saturated heterocycles. The van der Waals surface area contributed by atoms with Gasteiger partial charge in [-0.25, -0.2) is 0 Å². The third-order valence-electron chi connectivity index (χ3n) is 6.66. The maximum atomic E-state index is 12.4. The summed E-state index contributed by atoms with van der Waals surface area (Å²) >= 11 is 0. The summed E-state index contributed by atoms with van der Waals surface area (Å²) in [6.45, 7) is 5.14. The SMILES string of the molecule is C[C@@]12CC[C@H](O)C3=C1[C@H](OC3)[C@H]1C(=O)CC[C@@]1(C)CC2. The largest absolute Gasteiger partial charge is 0.389 e. The maximum absolute atomic E-state index is 12.4. The lowest BCUT2D eigenvalue weighted by Gasteiger charge is -2.38. The molecule has 0 aromatic rings. The Morgan fingerprint density at radius 2 is 2.00 bits per heavy atom. The second-order valence-electron chi connectivity index (χ2n) is 7.88.